The normalized spacial score (nSPS) is 16.5. The molecule has 2 aliphatic rings. The molecular weight excluding hydrogens is 416 g/mol. The van der Waals surface area contributed by atoms with E-state index in [-0.39, 0.29) is 23.3 Å². The van der Waals surface area contributed by atoms with Crippen LogP contribution in [0.25, 0.3) is 0 Å². The number of hydrogen-bond acceptors (Lipinski definition) is 8. The molecule has 2 amide bonds. The third kappa shape index (κ3) is 4.82. The van der Waals surface area contributed by atoms with Gasteiger partial charge in [0, 0.05) is 52.4 Å². The molecule has 0 aliphatic carbocycles. The second kappa shape index (κ2) is 9.39. The lowest BCUT2D eigenvalue weighted by Gasteiger charge is -2.34. The molecule has 162 valence electrons. The highest BCUT2D eigenvalue weighted by molar-refractivity contribution is 7.99. The summed E-state index contributed by atoms with van der Waals surface area (Å²) in [6, 6.07) is 5.64. The first-order chi connectivity index (χ1) is 15.0. The summed E-state index contributed by atoms with van der Waals surface area (Å²) < 4.78 is 5.55. The molecule has 0 saturated carbocycles. The summed E-state index contributed by atoms with van der Waals surface area (Å²) >= 11 is 1.37. The van der Waals surface area contributed by atoms with Crippen molar-refractivity contribution in [2.45, 2.75) is 24.8 Å². The van der Waals surface area contributed by atoms with E-state index in [2.05, 4.69) is 16.0 Å². The molecule has 4 rings (SSSR count). The van der Waals surface area contributed by atoms with Crippen LogP contribution in [0.3, 0.4) is 0 Å². The van der Waals surface area contributed by atoms with Crippen molar-refractivity contribution in [2.75, 3.05) is 49.9 Å². The molecule has 0 bridgehead atoms. The van der Waals surface area contributed by atoms with E-state index in [4.69, 9.17) is 4.42 Å². The molecule has 10 heteroatoms. The first-order valence-electron chi connectivity index (χ1n) is 10.3. The number of likely N-dealkylation sites (tertiary alicyclic amines) is 1. The number of anilines is 1. The molecule has 0 radical (unpaired) electrons. The first kappa shape index (κ1) is 21.2. The smallest absolute Gasteiger partial charge is 0.255 e. The van der Waals surface area contributed by atoms with Gasteiger partial charge < -0.3 is 19.1 Å². The number of nitriles is 1. The lowest BCUT2D eigenvalue weighted by Crippen LogP contribution is -2.49. The second-order valence-electron chi connectivity index (χ2n) is 7.54. The Kier molecular flexibility index (Phi) is 6.42. The van der Waals surface area contributed by atoms with E-state index >= 15 is 0 Å². The van der Waals surface area contributed by atoms with Gasteiger partial charge >= 0.3 is 0 Å². The van der Waals surface area contributed by atoms with Crippen LogP contribution < -0.4 is 4.90 Å². The lowest BCUT2D eigenvalue weighted by atomic mass is 10.2. The summed E-state index contributed by atoms with van der Waals surface area (Å²) in [5.41, 5.74) is 0.874. The average molecular weight is 441 g/mol. The number of aryl methyl sites for hydroxylation is 1. The number of carbonyl (C=O) groups is 2. The fourth-order valence-corrected chi connectivity index (χ4v) is 4.53. The van der Waals surface area contributed by atoms with Crippen LogP contribution in [0.5, 0.6) is 0 Å². The van der Waals surface area contributed by atoms with Crippen molar-refractivity contribution in [3.05, 3.63) is 35.5 Å². The minimum atomic E-state index is 0.0250. The van der Waals surface area contributed by atoms with Crippen molar-refractivity contribution in [3.8, 4) is 6.07 Å². The predicted octanol–water partition coefficient (Wildman–Crippen LogP) is 1.93. The van der Waals surface area contributed by atoms with Gasteiger partial charge in [0.25, 0.3) is 5.91 Å². The fraction of sp³-hybridized carbons (Fsp3) is 0.476. The van der Waals surface area contributed by atoms with Crippen molar-refractivity contribution >= 4 is 29.5 Å². The highest BCUT2D eigenvalue weighted by atomic mass is 32.2. The second-order valence-corrected chi connectivity index (χ2v) is 8.54. The third-order valence-electron chi connectivity index (χ3n) is 5.46. The van der Waals surface area contributed by atoms with Crippen LogP contribution in [-0.2, 0) is 4.79 Å². The lowest BCUT2D eigenvalue weighted by molar-refractivity contribution is -0.128. The quantitative estimate of drug-likeness (QED) is 0.649. The van der Waals surface area contributed by atoms with Gasteiger partial charge in [-0.2, -0.15) is 5.26 Å². The zero-order valence-electron chi connectivity index (χ0n) is 17.4. The summed E-state index contributed by atoms with van der Waals surface area (Å²) in [5.74, 6) is 1.29. The number of aromatic nitrogens is 2. The topological polar surface area (TPSA) is 107 Å². The molecule has 2 fully saturated rings. The average Bonchev–Trinajstić information content (AvgIpc) is 3.47. The summed E-state index contributed by atoms with van der Waals surface area (Å²) in [5, 5.41) is 9.91. The van der Waals surface area contributed by atoms with E-state index in [0.29, 0.717) is 43.5 Å². The zero-order valence-corrected chi connectivity index (χ0v) is 18.2. The molecule has 0 N–H and O–H groups in total. The van der Waals surface area contributed by atoms with Gasteiger partial charge in [-0.25, -0.2) is 9.97 Å². The van der Waals surface area contributed by atoms with Crippen LogP contribution in [0, 0.1) is 18.3 Å². The third-order valence-corrected chi connectivity index (χ3v) is 6.39. The Labute approximate surface area is 185 Å². The van der Waals surface area contributed by atoms with Crippen LogP contribution >= 0.6 is 11.8 Å². The van der Waals surface area contributed by atoms with Gasteiger partial charge in [-0.1, -0.05) is 11.8 Å². The molecule has 9 nitrogen and oxygen atoms in total. The molecule has 31 heavy (non-hydrogen) atoms. The first-order valence-corrected chi connectivity index (χ1v) is 11.3. The molecule has 0 atom stereocenters. The van der Waals surface area contributed by atoms with E-state index in [1.807, 2.05) is 14.7 Å². The monoisotopic (exact) mass is 440 g/mol. The van der Waals surface area contributed by atoms with Crippen LogP contribution in [0.1, 0.15) is 34.8 Å². The Hall–Kier alpha value is -3.06. The van der Waals surface area contributed by atoms with Crippen LogP contribution in [0.15, 0.2) is 27.8 Å². The van der Waals surface area contributed by atoms with Crippen molar-refractivity contribution in [1.29, 1.82) is 5.26 Å². The van der Waals surface area contributed by atoms with Crippen molar-refractivity contribution < 1.29 is 14.0 Å². The Bertz CT molecular complexity index is 986. The summed E-state index contributed by atoms with van der Waals surface area (Å²) in [7, 11) is 0. The van der Waals surface area contributed by atoms with Gasteiger partial charge in [0.1, 0.15) is 6.07 Å². The molecule has 4 heterocycles. The maximum atomic E-state index is 12.6. The summed E-state index contributed by atoms with van der Waals surface area (Å²) in [4.78, 5) is 39.0. The molecule has 2 saturated heterocycles. The largest absolute Gasteiger partial charge is 0.424 e. The Balaban J connectivity index is 1.26. The number of pyridine rings is 1. The minimum Gasteiger partial charge on any atom is -0.424 e. The number of carbonyl (C=O) groups excluding carboxylic acids is 2. The number of amides is 2. The summed E-state index contributed by atoms with van der Waals surface area (Å²) in [6.07, 6.45) is 3.71. The number of thioether (sulfide) groups is 1. The fourth-order valence-electron chi connectivity index (χ4n) is 3.78. The van der Waals surface area contributed by atoms with E-state index < -0.39 is 0 Å². The van der Waals surface area contributed by atoms with Gasteiger partial charge in [-0.05, 0) is 25.0 Å². The van der Waals surface area contributed by atoms with E-state index in [1.165, 1.54) is 11.8 Å². The molecule has 2 aromatic heterocycles. The number of rotatable bonds is 5. The minimum absolute atomic E-state index is 0.0250. The highest BCUT2D eigenvalue weighted by Gasteiger charge is 2.26. The van der Waals surface area contributed by atoms with E-state index in [1.54, 1.807) is 25.3 Å². The molecule has 2 aliphatic heterocycles. The Morgan fingerprint density at radius 2 is 1.87 bits per heavy atom. The van der Waals surface area contributed by atoms with Gasteiger partial charge in [-0.15, -0.1) is 0 Å². The predicted molar refractivity (Wildman–Crippen MR) is 115 cm³/mol. The van der Waals surface area contributed by atoms with Crippen molar-refractivity contribution in [3.63, 3.8) is 0 Å². The van der Waals surface area contributed by atoms with Crippen LogP contribution in [0.4, 0.5) is 5.88 Å². The maximum Gasteiger partial charge on any atom is 0.255 e. The SMILES string of the molecule is Cc1nc(C#N)c(N2CCN(C(=O)CSc3ccc(C(=O)N4CCCC4)cn3)CC2)o1. The number of piperazine rings is 1. The number of oxazole rings is 1. The van der Waals surface area contributed by atoms with Gasteiger partial charge in [0.2, 0.25) is 17.5 Å². The molecule has 0 spiro atoms. The molecular formula is C21H24N6O3S. The Morgan fingerprint density at radius 3 is 2.52 bits per heavy atom. The van der Waals surface area contributed by atoms with Gasteiger partial charge in [0.05, 0.1) is 16.3 Å². The zero-order chi connectivity index (χ0) is 21.8. The molecule has 0 unspecified atom stereocenters. The number of nitrogens with zero attached hydrogens (tertiary/aromatic N) is 6. The Morgan fingerprint density at radius 1 is 1.13 bits per heavy atom. The maximum absolute atomic E-state index is 12.6. The van der Waals surface area contributed by atoms with Gasteiger partial charge in [-0.3, -0.25) is 9.59 Å². The standard InChI is InChI=1S/C21H24N6O3S/c1-15-24-17(12-22)21(30-15)27-10-8-25(9-11-27)19(28)14-31-18-5-4-16(13-23-18)20(29)26-6-2-3-7-26/h4-5,13H,2-3,6-11,14H2,1H3. The number of hydrogen-bond donors (Lipinski definition) is 0. The summed E-state index contributed by atoms with van der Waals surface area (Å²) in [6.45, 7) is 5.62. The van der Waals surface area contributed by atoms with E-state index in [9.17, 15) is 14.9 Å². The molecule has 0 aromatic carbocycles. The van der Waals surface area contributed by atoms with Crippen molar-refractivity contribution in [2.24, 2.45) is 0 Å². The molecule has 2 aromatic rings. The van der Waals surface area contributed by atoms with Crippen LogP contribution in [-0.4, -0.2) is 76.6 Å². The highest BCUT2D eigenvalue weighted by Crippen LogP contribution is 2.23. The van der Waals surface area contributed by atoms with Crippen molar-refractivity contribution in [1.82, 2.24) is 19.8 Å². The van der Waals surface area contributed by atoms with Crippen LogP contribution in [0.2, 0.25) is 0 Å². The van der Waals surface area contributed by atoms with E-state index in [0.717, 1.165) is 31.0 Å². The van der Waals surface area contributed by atoms with Gasteiger partial charge in [0.15, 0.2) is 5.89 Å².